The summed E-state index contributed by atoms with van der Waals surface area (Å²) in [4.78, 5) is 0. The van der Waals surface area contributed by atoms with E-state index < -0.39 is 0 Å². The van der Waals surface area contributed by atoms with Crippen LogP contribution in [0, 0.1) is 65.1 Å². The van der Waals surface area contributed by atoms with Gasteiger partial charge in [0.2, 0.25) is 0 Å². The van der Waals surface area contributed by atoms with Gasteiger partial charge in [-0.1, -0.05) is 157 Å². The van der Waals surface area contributed by atoms with Crippen LogP contribution in [0.1, 0.15) is 224 Å². The Morgan fingerprint density at radius 2 is 0.893 bits per heavy atom. The van der Waals surface area contributed by atoms with Crippen molar-refractivity contribution in [3.8, 4) is 0 Å². The molecule has 0 aromatic carbocycles. The molecule has 0 N–H and O–H groups in total. The van der Waals surface area contributed by atoms with Crippen LogP contribution in [0.25, 0.3) is 0 Å². The minimum absolute atomic E-state index is 0. The molecule has 5 rings (SSSR count). The second-order valence-electron chi connectivity index (χ2n) is 25.2. The average Bonchev–Trinajstić information content (AvgIpc) is 4.00. The Morgan fingerprint density at radius 3 is 1.17 bits per heavy atom. The molecular formula is C65H136O10. The van der Waals surface area contributed by atoms with Gasteiger partial charge in [-0.3, -0.25) is 0 Å². The van der Waals surface area contributed by atoms with E-state index in [1.54, 1.807) is 14.2 Å². The number of hydrogen-bond acceptors (Lipinski definition) is 10. The Bertz CT molecular complexity index is 1230. The van der Waals surface area contributed by atoms with Crippen LogP contribution in [0.4, 0.5) is 0 Å². The zero-order valence-corrected chi connectivity index (χ0v) is 52.9. The Kier molecular flexibility index (Phi) is 55.1. The van der Waals surface area contributed by atoms with Crippen LogP contribution in [0.5, 0.6) is 0 Å². The van der Waals surface area contributed by atoms with Crippen molar-refractivity contribution < 1.29 is 47.4 Å². The first-order valence-corrected chi connectivity index (χ1v) is 29.3. The van der Waals surface area contributed by atoms with Crippen molar-refractivity contribution in [2.24, 2.45) is 65.1 Å². The van der Waals surface area contributed by atoms with E-state index in [1.165, 1.54) is 50.5 Å². The fraction of sp³-hybridized carbons (Fsp3) is 0.938. The zero-order valence-electron chi connectivity index (χ0n) is 52.9. The minimum Gasteiger partial charge on any atom is -0.501 e. The summed E-state index contributed by atoms with van der Waals surface area (Å²) >= 11 is 0. The molecule has 10 heteroatoms. The van der Waals surface area contributed by atoms with Crippen molar-refractivity contribution in [1.82, 2.24) is 0 Å². The van der Waals surface area contributed by atoms with Crippen molar-refractivity contribution in [3.05, 3.63) is 24.5 Å². The van der Waals surface area contributed by atoms with Gasteiger partial charge in [0, 0.05) is 44.7 Å². The zero-order chi connectivity index (χ0) is 56.6. The molecule has 0 radical (unpaired) electrons. The predicted molar refractivity (Wildman–Crippen MR) is 325 cm³/mol. The molecule has 0 spiro atoms. The van der Waals surface area contributed by atoms with E-state index >= 15 is 0 Å². The van der Waals surface area contributed by atoms with Crippen molar-refractivity contribution in [2.75, 3.05) is 86.9 Å². The monoisotopic (exact) mass is 1080 g/mol. The van der Waals surface area contributed by atoms with E-state index in [4.69, 9.17) is 47.4 Å². The van der Waals surface area contributed by atoms with Gasteiger partial charge < -0.3 is 47.4 Å². The van der Waals surface area contributed by atoms with E-state index in [2.05, 4.69) is 110 Å². The number of hydrogen-bond donors (Lipinski definition) is 0. The molecule has 0 amide bonds. The summed E-state index contributed by atoms with van der Waals surface area (Å²) < 4.78 is 52.5. The molecule has 0 saturated carbocycles. The molecule has 5 saturated heterocycles. The van der Waals surface area contributed by atoms with Crippen LogP contribution in [-0.4, -0.2) is 111 Å². The molecule has 10 nitrogen and oxygen atoms in total. The third-order valence-corrected chi connectivity index (χ3v) is 12.6. The quantitative estimate of drug-likeness (QED) is 0.0593. The maximum atomic E-state index is 5.68. The molecule has 0 aromatic rings. The van der Waals surface area contributed by atoms with Crippen molar-refractivity contribution in [1.29, 1.82) is 0 Å². The summed E-state index contributed by atoms with van der Waals surface area (Å²) in [6.07, 6.45) is 13.4. The lowest BCUT2D eigenvalue weighted by molar-refractivity contribution is -0.140. The Hall–Kier alpha value is -1.08. The Balaban J connectivity index is -0.000000250. The Labute approximate surface area is 470 Å². The topological polar surface area (TPSA) is 92.3 Å². The molecule has 0 aromatic heterocycles. The standard InChI is InChI=1S/C10H20O2.C9H18O2.C9H18O.C8H18O2.C8H16O.C7H14O.C6H12O.C6H12.2CH4/c1-8(2)5-6-9-7-11-10(3,4)12-9;1-7(2)5-8-6-10-9(3,4)11-8;1-8(2)3-4-9-5-6-10-7-9;1-8(2)4-5-10-7-6-9-3;1-7(2)3-4-8-5-9-6-8;1-6(2)3-7-4-8-5-7;1-5(2)6(3)7-4;1-5(2)6(3)4;;/h8-9H,5-7H2,1-4H3;7-8H,5-6H2,1-4H3;8-9H,3-7H2,1-2H3;8H,4-7H2,1-3H3;7-8H,3-6H2,1-2H3;6-7H,3-5H2,1-2H3;5H,3H2,1-2,4H3;6H,1H2,2-4H3;2*1H4. The highest BCUT2D eigenvalue weighted by molar-refractivity contribution is 4.91. The second kappa shape index (κ2) is 49.9. The van der Waals surface area contributed by atoms with E-state index in [0.717, 1.165) is 138 Å². The van der Waals surface area contributed by atoms with Gasteiger partial charge in [-0.15, -0.1) is 0 Å². The first kappa shape index (κ1) is 82.7. The molecule has 0 aliphatic carbocycles. The lowest BCUT2D eigenvalue weighted by Gasteiger charge is -2.27. The van der Waals surface area contributed by atoms with E-state index in [9.17, 15) is 0 Å². The predicted octanol–water partition coefficient (Wildman–Crippen LogP) is 18.0. The van der Waals surface area contributed by atoms with Crippen molar-refractivity contribution in [2.45, 2.75) is 248 Å². The summed E-state index contributed by atoms with van der Waals surface area (Å²) in [5, 5.41) is 0. The molecule has 456 valence electrons. The molecule has 75 heavy (non-hydrogen) atoms. The summed E-state index contributed by atoms with van der Waals surface area (Å²) in [6.45, 7) is 62.5. The third-order valence-electron chi connectivity index (χ3n) is 12.6. The van der Waals surface area contributed by atoms with E-state index in [-0.39, 0.29) is 26.4 Å². The van der Waals surface area contributed by atoms with Gasteiger partial charge in [0.25, 0.3) is 0 Å². The normalized spacial score (nSPS) is 20.1. The highest BCUT2D eigenvalue weighted by Gasteiger charge is 2.33. The molecule has 5 aliphatic rings. The van der Waals surface area contributed by atoms with Gasteiger partial charge in [0.1, 0.15) is 0 Å². The van der Waals surface area contributed by atoms with Crippen molar-refractivity contribution in [3.63, 3.8) is 0 Å². The van der Waals surface area contributed by atoms with Crippen LogP contribution in [0.3, 0.4) is 0 Å². The van der Waals surface area contributed by atoms with Gasteiger partial charge in [0.15, 0.2) is 11.6 Å². The maximum Gasteiger partial charge on any atom is 0.163 e. The van der Waals surface area contributed by atoms with Crippen LogP contribution in [0.15, 0.2) is 24.5 Å². The maximum absolute atomic E-state index is 5.68. The Morgan fingerprint density at radius 1 is 0.480 bits per heavy atom. The molecule has 5 fully saturated rings. The molecule has 3 unspecified atom stereocenters. The van der Waals surface area contributed by atoms with E-state index in [1.807, 2.05) is 48.5 Å². The van der Waals surface area contributed by atoms with Crippen LogP contribution >= 0.6 is 0 Å². The number of rotatable bonds is 22. The minimum atomic E-state index is -0.348. The van der Waals surface area contributed by atoms with Gasteiger partial charge in [-0.2, -0.15) is 0 Å². The molecule has 5 aliphatic heterocycles. The van der Waals surface area contributed by atoms with Gasteiger partial charge >= 0.3 is 0 Å². The highest BCUT2D eigenvalue weighted by atomic mass is 16.7. The summed E-state index contributed by atoms with van der Waals surface area (Å²) in [6, 6.07) is 0. The third kappa shape index (κ3) is 57.4. The number of allylic oxidation sites excluding steroid dienone is 2. The largest absolute Gasteiger partial charge is 0.501 e. The summed E-state index contributed by atoms with van der Waals surface area (Å²) in [5.74, 6) is 8.69. The fourth-order valence-electron chi connectivity index (χ4n) is 7.12. The van der Waals surface area contributed by atoms with Gasteiger partial charge in [0.05, 0.1) is 77.9 Å². The average molecular weight is 1080 g/mol. The van der Waals surface area contributed by atoms with Crippen LogP contribution in [-0.2, 0) is 47.4 Å². The summed E-state index contributed by atoms with van der Waals surface area (Å²) in [5.41, 5.74) is 1.26. The molecule has 3 atom stereocenters. The number of ether oxygens (including phenoxy) is 10. The molecule has 5 heterocycles. The van der Waals surface area contributed by atoms with Crippen LogP contribution < -0.4 is 0 Å². The second-order valence-corrected chi connectivity index (χ2v) is 25.2. The summed E-state index contributed by atoms with van der Waals surface area (Å²) in [7, 11) is 3.33. The first-order valence-electron chi connectivity index (χ1n) is 29.3. The molecular weight excluding hydrogens is 941 g/mol. The fourth-order valence-corrected chi connectivity index (χ4v) is 7.12. The molecule has 0 bridgehead atoms. The highest BCUT2D eigenvalue weighted by Crippen LogP contribution is 2.27. The number of methoxy groups -OCH3 is 2. The van der Waals surface area contributed by atoms with E-state index in [0.29, 0.717) is 36.6 Å². The smallest absolute Gasteiger partial charge is 0.163 e. The van der Waals surface area contributed by atoms with Gasteiger partial charge in [-0.25, -0.2) is 0 Å². The van der Waals surface area contributed by atoms with Crippen molar-refractivity contribution >= 4 is 0 Å². The van der Waals surface area contributed by atoms with Crippen LogP contribution in [0.2, 0.25) is 0 Å². The first-order chi connectivity index (χ1) is 33.9. The SMILES string of the molecule is C.C.C=C(C)C(C)C.C=C(OC)C(C)C.CC(C)CC1COC(C)(C)O1.CC(C)CC1COC1.CC(C)CCC1CCOC1.CC(C)CCC1COC(C)(C)O1.CC(C)CCC1COC1.COCCOCCC(C)C. The lowest BCUT2D eigenvalue weighted by atomic mass is 9.96. The lowest BCUT2D eigenvalue weighted by Crippen LogP contribution is -2.28. The van der Waals surface area contributed by atoms with Gasteiger partial charge in [-0.05, 0) is 133 Å².